The van der Waals surface area contributed by atoms with Crippen molar-refractivity contribution in [1.29, 1.82) is 0 Å². The van der Waals surface area contributed by atoms with Gasteiger partial charge in [0, 0.05) is 0 Å². The van der Waals surface area contributed by atoms with E-state index in [1.54, 1.807) is 0 Å². The van der Waals surface area contributed by atoms with E-state index in [0.717, 1.165) is 0 Å². The van der Waals surface area contributed by atoms with Gasteiger partial charge in [-0.3, -0.25) is 0 Å². The van der Waals surface area contributed by atoms with E-state index in [4.69, 9.17) is 0 Å². The van der Waals surface area contributed by atoms with E-state index in [1.807, 2.05) is 6.92 Å². The van der Waals surface area contributed by atoms with E-state index in [1.165, 1.54) is 22.3 Å². The Morgan fingerprint density at radius 2 is 1.25 bits per heavy atom. The molecule has 0 aliphatic carbocycles. The zero-order valence-electron chi connectivity index (χ0n) is 9.77. The molecule has 0 spiro atoms. The Bertz CT molecular complexity index is 472. The van der Waals surface area contributed by atoms with Crippen molar-refractivity contribution in [3.05, 3.63) is 65.7 Å². The fourth-order valence-corrected chi connectivity index (χ4v) is 1.73. The second kappa shape index (κ2) is 4.80. The van der Waals surface area contributed by atoms with Gasteiger partial charge in [0.25, 0.3) is 0 Å². The summed E-state index contributed by atoms with van der Waals surface area (Å²) in [5.41, 5.74) is 5.10. The predicted molar refractivity (Wildman–Crippen MR) is 71.3 cm³/mol. The van der Waals surface area contributed by atoms with Crippen LogP contribution in [-0.2, 0) is 0 Å². The van der Waals surface area contributed by atoms with E-state index >= 15 is 0 Å². The highest BCUT2D eigenvalue weighted by Gasteiger charge is 1.96. The summed E-state index contributed by atoms with van der Waals surface area (Å²) in [5, 5.41) is 0. The third-order valence-corrected chi connectivity index (χ3v) is 2.65. The average molecular weight is 208 g/mol. The Labute approximate surface area is 97.3 Å². The summed E-state index contributed by atoms with van der Waals surface area (Å²) in [6.07, 6.45) is 4.17. The van der Waals surface area contributed by atoms with Gasteiger partial charge in [-0.15, -0.1) is 0 Å². The minimum absolute atomic E-state index is 1.25. The summed E-state index contributed by atoms with van der Waals surface area (Å²) in [5.74, 6) is 0. The Kier molecular flexibility index (Phi) is 3.21. The molecule has 0 saturated carbocycles. The summed E-state index contributed by atoms with van der Waals surface area (Å²) in [7, 11) is 0. The van der Waals surface area contributed by atoms with Crippen molar-refractivity contribution in [1.82, 2.24) is 0 Å². The first-order valence-corrected chi connectivity index (χ1v) is 5.59. The minimum atomic E-state index is 1.25. The minimum Gasteiger partial charge on any atom is -0.0871 e. The van der Waals surface area contributed by atoms with Gasteiger partial charge in [-0.25, -0.2) is 0 Å². The van der Waals surface area contributed by atoms with Crippen LogP contribution in [0.15, 0.2) is 54.6 Å². The zero-order valence-corrected chi connectivity index (χ0v) is 9.77. The SMILES string of the molecule is C/C=C/c1ccc(-c2ccc(C)cc2)cc1. The Hall–Kier alpha value is -1.82. The standard InChI is InChI=1S/C16H16/c1-3-4-14-7-11-16(12-8-14)15-9-5-13(2)6-10-15/h3-12H,1-2H3/b4-3+. The quantitative estimate of drug-likeness (QED) is 0.671. The van der Waals surface area contributed by atoms with Crippen LogP contribution < -0.4 is 0 Å². The van der Waals surface area contributed by atoms with Crippen molar-refractivity contribution in [2.24, 2.45) is 0 Å². The summed E-state index contributed by atoms with van der Waals surface area (Å²) in [6, 6.07) is 17.3. The van der Waals surface area contributed by atoms with Crippen LogP contribution in [0.4, 0.5) is 0 Å². The van der Waals surface area contributed by atoms with Gasteiger partial charge in [-0.1, -0.05) is 66.2 Å². The molecule has 0 heteroatoms. The third-order valence-electron chi connectivity index (χ3n) is 2.65. The maximum absolute atomic E-state index is 2.17. The second-order valence-corrected chi connectivity index (χ2v) is 3.99. The molecule has 0 aromatic heterocycles. The summed E-state index contributed by atoms with van der Waals surface area (Å²) in [4.78, 5) is 0. The predicted octanol–water partition coefficient (Wildman–Crippen LogP) is 4.70. The van der Waals surface area contributed by atoms with E-state index in [9.17, 15) is 0 Å². The lowest BCUT2D eigenvalue weighted by Crippen LogP contribution is -1.79. The molecule has 2 rings (SSSR count). The second-order valence-electron chi connectivity index (χ2n) is 3.99. The number of allylic oxidation sites excluding steroid dienone is 1. The fraction of sp³-hybridized carbons (Fsp3) is 0.125. The first-order valence-electron chi connectivity index (χ1n) is 5.59. The Balaban J connectivity index is 2.31. The summed E-state index contributed by atoms with van der Waals surface area (Å²) >= 11 is 0. The summed E-state index contributed by atoms with van der Waals surface area (Å²) < 4.78 is 0. The first-order chi connectivity index (χ1) is 7.79. The van der Waals surface area contributed by atoms with E-state index in [2.05, 4.69) is 67.6 Å². The molecular weight excluding hydrogens is 192 g/mol. The zero-order chi connectivity index (χ0) is 11.4. The molecule has 0 aliphatic heterocycles. The molecule has 80 valence electrons. The van der Waals surface area contributed by atoms with Crippen LogP contribution in [0, 0.1) is 6.92 Å². The lowest BCUT2D eigenvalue weighted by atomic mass is 10.0. The van der Waals surface area contributed by atoms with Crippen molar-refractivity contribution in [3.8, 4) is 11.1 Å². The highest BCUT2D eigenvalue weighted by Crippen LogP contribution is 2.20. The van der Waals surface area contributed by atoms with Crippen molar-refractivity contribution in [2.45, 2.75) is 13.8 Å². The molecule has 0 radical (unpaired) electrons. The molecule has 0 N–H and O–H groups in total. The van der Waals surface area contributed by atoms with Gasteiger partial charge in [-0.2, -0.15) is 0 Å². The molecule has 16 heavy (non-hydrogen) atoms. The lowest BCUT2D eigenvalue weighted by Gasteiger charge is -2.02. The monoisotopic (exact) mass is 208 g/mol. The van der Waals surface area contributed by atoms with Crippen LogP contribution in [-0.4, -0.2) is 0 Å². The van der Waals surface area contributed by atoms with Crippen LogP contribution in [0.3, 0.4) is 0 Å². The van der Waals surface area contributed by atoms with Crippen LogP contribution >= 0.6 is 0 Å². The molecule has 0 heterocycles. The number of benzene rings is 2. The molecule has 0 nitrogen and oxygen atoms in total. The molecule has 0 bridgehead atoms. The van der Waals surface area contributed by atoms with Crippen molar-refractivity contribution >= 4 is 6.08 Å². The molecule has 0 unspecified atom stereocenters. The van der Waals surface area contributed by atoms with E-state index in [-0.39, 0.29) is 0 Å². The maximum atomic E-state index is 2.17. The molecule has 0 atom stereocenters. The van der Waals surface area contributed by atoms with Gasteiger partial charge in [0.2, 0.25) is 0 Å². The number of hydrogen-bond donors (Lipinski definition) is 0. The van der Waals surface area contributed by atoms with E-state index in [0.29, 0.717) is 0 Å². The largest absolute Gasteiger partial charge is 0.0871 e. The Morgan fingerprint density at radius 3 is 1.75 bits per heavy atom. The van der Waals surface area contributed by atoms with Gasteiger partial charge < -0.3 is 0 Å². The fourth-order valence-electron chi connectivity index (χ4n) is 1.73. The molecule has 2 aromatic carbocycles. The van der Waals surface area contributed by atoms with Gasteiger partial charge >= 0.3 is 0 Å². The lowest BCUT2D eigenvalue weighted by molar-refractivity contribution is 1.47. The highest BCUT2D eigenvalue weighted by atomic mass is 14.0. The number of aryl methyl sites for hydroxylation is 1. The molecule has 0 saturated heterocycles. The first kappa shape index (κ1) is 10.7. The van der Waals surface area contributed by atoms with Crippen molar-refractivity contribution in [2.75, 3.05) is 0 Å². The smallest absolute Gasteiger partial charge is 0.0184 e. The average Bonchev–Trinajstić information content (AvgIpc) is 2.32. The van der Waals surface area contributed by atoms with Crippen molar-refractivity contribution in [3.63, 3.8) is 0 Å². The van der Waals surface area contributed by atoms with Crippen LogP contribution in [0.2, 0.25) is 0 Å². The van der Waals surface area contributed by atoms with Crippen LogP contribution in [0.1, 0.15) is 18.1 Å². The molecule has 2 aromatic rings. The normalized spacial score (nSPS) is 10.9. The molecule has 0 fully saturated rings. The third kappa shape index (κ3) is 2.40. The number of hydrogen-bond acceptors (Lipinski definition) is 0. The van der Waals surface area contributed by atoms with Gasteiger partial charge in [0.15, 0.2) is 0 Å². The highest BCUT2D eigenvalue weighted by molar-refractivity contribution is 5.65. The van der Waals surface area contributed by atoms with Gasteiger partial charge in [-0.05, 0) is 30.5 Å². The van der Waals surface area contributed by atoms with Crippen molar-refractivity contribution < 1.29 is 0 Å². The maximum Gasteiger partial charge on any atom is -0.0184 e. The molecule has 0 amide bonds. The van der Waals surface area contributed by atoms with Gasteiger partial charge in [0.05, 0.1) is 0 Å². The number of rotatable bonds is 2. The Morgan fingerprint density at radius 1 is 0.750 bits per heavy atom. The molecule has 0 aliphatic rings. The molecular formula is C16H16. The van der Waals surface area contributed by atoms with Crippen LogP contribution in [0.25, 0.3) is 17.2 Å². The van der Waals surface area contributed by atoms with E-state index < -0.39 is 0 Å². The van der Waals surface area contributed by atoms with Crippen LogP contribution in [0.5, 0.6) is 0 Å². The van der Waals surface area contributed by atoms with Gasteiger partial charge in [0.1, 0.15) is 0 Å². The summed E-state index contributed by atoms with van der Waals surface area (Å²) in [6.45, 7) is 4.15. The topological polar surface area (TPSA) is 0 Å².